The summed E-state index contributed by atoms with van der Waals surface area (Å²) in [6, 6.07) is 9.58. The van der Waals surface area contributed by atoms with Crippen LogP contribution in [0.25, 0.3) is 0 Å². The number of halogens is 3. The number of benzene rings is 1. The van der Waals surface area contributed by atoms with Gasteiger partial charge in [-0.15, -0.1) is 13.2 Å². The topological polar surface area (TPSA) is 18.5 Å². The fourth-order valence-electron chi connectivity index (χ4n) is 2.14. The summed E-state index contributed by atoms with van der Waals surface area (Å²) in [7, 11) is 0. The molecule has 2 atom stereocenters. The Labute approximate surface area is 104 Å². The normalized spacial score (nSPS) is 24.4. The zero-order chi connectivity index (χ0) is 13.0. The first kappa shape index (κ1) is 13.4. The molecule has 0 N–H and O–H groups in total. The molecule has 0 bridgehead atoms. The largest absolute Gasteiger partial charge is 0.522 e. The van der Waals surface area contributed by atoms with Gasteiger partial charge in [0.05, 0.1) is 18.8 Å². The van der Waals surface area contributed by atoms with E-state index in [1.54, 1.807) is 0 Å². The van der Waals surface area contributed by atoms with E-state index in [-0.39, 0.29) is 6.10 Å². The number of alkyl halides is 3. The quantitative estimate of drug-likeness (QED) is 0.822. The second-order valence-electron chi connectivity index (χ2n) is 4.42. The van der Waals surface area contributed by atoms with Crippen LogP contribution in [0.3, 0.4) is 0 Å². The van der Waals surface area contributed by atoms with E-state index in [2.05, 4.69) is 4.74 Å². The minimum absolute atomic E-state index is 0.141. The highest BCUT2D eigenvalue weighted by Crippen LogP contribution is 2.30. The molecule has 2 rings (SSSR count). The minimum atomic E-state index is -4.54. The van der Waals surface area contributed by atoms with Gasteiger partial charge in [0.25, 0.3) is 0 Å². The van der Waals surface area contributed by atoms with Crippen LogP contribution in [-0.2, 0) is 16.1 Å². The first-order valence-corrected chi connectivity index (χ1v) is 5.93. The molecule has 2 nitrogen and oxygen atoms in total. The Morgan fingerprint density at radius 3 is 2.39 bits per heavy atom. The summed E-state index contributed by atoms with van der Waals surface area (Å²) in [5, 5.41) is 0. The maximum atomic E-state index is 12.0. The number of rotatable bonds is 4. The lowest BCUT2D eigenvalue weighted by Gasteiger charge is -2.15. The van der Waals surface area contributed by atoms with Crippen LogP contribution in [0.15, 0.2) is 30.3 Å². The molecule has 0 amide bonds. The van der Waals surface area contributed by atoms with Gasteiger partial charge in [-0.25, -0.2) is 0 Å². The van der Waals surface area contributed by atoms with Crippen LogP contribution in [0.2, 0.25) is 0 Å². The van der Waals surface area contributed by atoms with Gasteiger partial charge in [-0.3, -0.25) is 4.74 Å². The van der Waals surface area contributed by atoms with Crippen molar-refractivity contribution in [3.63, 3.8) is 0 Å². The number of ether oxygens (including phenoxy) is 2. The van der Waals surface area contributed by atoms with Crippen LogP contribution in [0.4, 0.5) is 13.2 Å². The third-order valence-corrected chi connectivity index (χ3v) is 2.97. The van der Waals surface area contributed by atoms with Crippen molar-refractivity contribution < 1.29 is 22.6 Å². The van der Waals surface area contributed by atoms with E-state index in [0.717, 1.165) is 5.56 Å². The van der Waals surface area contributed by atoms with Crippen molar-refractivity contribution in [2.45, 2.75) is 44.4 Å². The smallest absolute Gasteiger partial charge is 0.373 e. The summed E-state index contributed by atoms with van der Waals surface area (Å²) in [6.45, 7) is 0.435. The molecule has 0 aliphatic heterocycles. The van der Waals surface area contributed by atoms with E-state index in [0.29, 0.717) is 25.9 Å². The lowest BCUT2D eigenvalue weighted by atomic mass is 10.2. The molecule has 1 aliphatic carbocycles. The maximum Gasteiger partial charge on any atom is 0.522 e. The number of hydrogen-bond acceptors (Lipinski definition) is 2. The van der Waals surface area contributed by atoms with Crippen molar-refractivity contribution in [1.82, 2.24) is 0 Å². The minimum Gasteiger partial charge on any atom is -0.373 e. The Morgan fingerprint density at radius 2 is 1.72 bits per heavy atom. The van der Waals surface area contributed by atoms with E-state index >= 15 is 0 Å². The highest BCUT2D eigenvalue weighted by Gasteiger charge is 2.37. The van der Waals surface area contributed by atoms with E-state index in [1.807, 2.05) is 30.3 Å². The van der Waals surface area contributed by atoms with Gasteiger partial charge in [0.1, 0.15) is 0 Å². The summed E-state index contributed by atoms with van der Waals surface area (Å²) >= 11 is 0. The molecule has 18 heavy (non-hydrogen) atoms. The summed E-state index contributed by atoms with van der Waals surface area (Å²) in [6.07, 6.45) is -4.11. The number of hydrogen-bond donors (Lipinski definition) is 0. The van der Waals surface area contributed by atoms with E-state index in [1.165, 1.54) is 0 Å². The van der Waals surface area contributed by atoms with Crippen molar-refractivity contribution in [1.29, 1.82) is 0 Å². The predicted molar refractivity (Wildman–Crippen MR) is 59.8 cm³/mol. The van der Waals surface area contributed by atoms with Gasteiger partial charge in [0.2, 0.25) is 0 Å². The van der Waals surface area contributed by atoms with Crippen LogP contribution in [-0.4, -0.2) is 18.6 Å². The van der Waals surface area contributed by atoms with E-state index < -0.39 is 12.5 Å². The Hall–Kier alpha value is -1.07. The van der Waals surface area contributed by atoms with Crippen LogP contribution >= 0.6 is 0 Å². The Bertz CT molecular complexity index is 364. The Kier molecular flexibility index (Phi) is 4.24. The molecular formula is C13H15F3O2. The van der Waals surface area contributed by atoms with Gasteiger partial charge >= 0.3 is 6.36 Å². The average Bonchev–Trinajstić information content (AvgIpc) is 2.73. The van der Waals surface area contributed by atoms with E-state index in [9.17, 15) is 13.2 Å². The standard InChI is InChI=1S/C13H15F3O2/c14-13(15,16)18-12-7-6-11(8-12)17-9-10-4-2-1-3-5-10/h1-5,11-12H,6-9H2. The fraction of sp³-hybridized carbons (Fsp3) is 0.538. The summed E-state index contributed by atoms with van der Waals surface area (Å²) < 4.78 is 45.7. The van der Waals surface area contributed by atoms with Crippen molar-refractivity contribution in [3.8, 4) is 0 Å². The van der Waals surface area contributed by atoms with Crippen LogP contribution < -0.4 is 0 Å². The molecule has 0 radical (unpaired) electrons. The van der Waals surface area contributed by atoms with Crippen LogP contribution in [0.1, 0.15) is 24.8 Å². The Balaban J connectivity index is 1.73. The molecule has 1 saturated carbocycles. The zero-order valence-corrected chi connectivity index (χ0v) is 9.82. The van der Waals surface area contributed by atoms with Crippen molar-refractivity contribution in [3.05, 3.63) is 35.9 Å². The van der Waals surface area contributed by atoms with Crippen molar-refractivity contribution in [2.75, 3.05) is 0 Å². The van der Waals surface area contributed by atoms with Gasteiger partial charge < -0.3 is 4.74 Å². The van der Waals surface area contributed by atoms with Gasteiger partial charge in [-0.05, 0) is 18.4 Å². The lowest BCUT2D eigenvalue weighted by Crippen LogP contribution is -2.22. The fourth-order valence-corrected chi connectivity index (χ4v) is 2.14. The Morgan fingerprint density at radius 1 is 1.06 bits per heavy atom. The molecule has 0 heterocycles. The van der Waals surface area contributed by atoms with Gasteiger partial charge in [0.15, 0.2) is 0 Å². The highest BCUT2D eigenvalue weighted by atomic mass is 19.4. The maximum absolute atomic E-state index is 12.0. The monoisotopic (exact) mass is 260 g/mol. The average molecular weight is 260 g/mol. The highest BCUT2D eigenvalue weighted by molar-refractivity contribution is 5.13. The van der Waals surface area contributed by atoms with Gasteiger partial charge in [-0.1, -0.05) is 30.3 Å². The molecule has 2 unspecified atom stereocenters. The van der Waals surface area contributed by atoms with Gasteiger partial charge in [0, 0.05) is 6.42 Å². The molecule has 5 heteroatoms. The summed E-state index contributed by atoms with van der Waals surface area (Å²) in [4.78, 5) is 0. The SMILES string of the molecule is FC(F)(F)OC1CCC(OCc2ccccc2)C1. The second kappa shape index (κ2) is 5.71. The zero-order valence-electron chi connectivity index (χ0n) is 9.82. The molecule has 1 aliphatic rings. The van der Waals surface area contributed by atoms with E-state index in [4.69, 9.17) is 4.74 Å². The molecule has 1 fully saturated rings. The van der Waals surface area contributed by atoms with Crippen LogP contribution in [0.5, 0.6) is 0 Å². The molecule has 100 valence electrons. The van der Waals surface area contributed by atoms with Crippen molar-refractivity contribution in [2.24, 2.45) is 0 Å². The molecular weight excluding hydrogens is 245 g/mol. The summed E-state index contributed by atoms with van der Waals surface area (Å²) in [5.41, 5.74) is 1.03. The third kappa shape index (κ3) is 4.31. The predicted octanol–water partition coefficient (Wildman–Crippen LogP) is 3.66. The molecule has 0 aromatic heterocycles. The molecule has 0 saturated heterocycles. The lowest BCUT2D eigenvalue weighted by molar-refractivity contribution is -0.342. The van der Waals surface area contributed by atoms with Crippen LogP contribution in [0, 0.1) is 0 Å². The first-order chi connectivity index (χ1) is 8.53. The van der Waals surface area contributed by atoms with Gasteiger partial charge in [-0.2, -0.15) is 0 Å². The second-order valence-corrected chi connectivity index (χ2v) is 4.42. The first-order valence-electron chi connectivity index (χ1n) is 5.93. The van der Waals surface area contributed by atoms with Crippen molar-refractivity contribution >= 4 is 0 Å². The molecule has 1 aromatic rings. The third-order valence-electron chi connectivity index (χ3n) is 2.97. The summed E-state index contributed by atoms with van der Waals surface area (Å²) in [5.74, 6) is 0. The molecule has 0 spiro atoms. The molecule has 1 aromatic carbocycles.